The molecule has 0 saturated carbocycles. The van der Waals surface area contributed by atoms with Crippen molar-refractivity contribution in [3.63, 3.8) is 0 Å². The van der Waals surface area contributed by atoms with Crippen LogP contribution in [0.2, 0.25) is 0 Å². The number of hydrogen-bond donors (Lipinski definition) is 0. The molecule has 46 valence electrons. The van der Waals surface area contributed by atoms with Crippen LogP contribution in [0, 0.1) is 0 Å². The van der Waals surface area contributed by atoms with E-state index in [1.807, 2.05) is 0 Å². The van der Waals surface area contributed by atoms with E-state index in [9.17, 15) is 4.79 Å². The number of ether oxygens (including phenoxy) is 1. The Morgan fingerprint density at radius 1 is 1.78 bits per heavy atom. The monoisotopic (exact) mass is 143 g/mol. The molecule has 1 unspecified atom stereocenters. The van der Waals surface area contributed by atoms with Crippen LogP contribution in [0.4, 0.5) is 0 Å². The fourth-order valence-electron chi connectivity index (χ4n) is 0.773. The molecule has 3 nitrogen and oxygen atoms in total. The second-order valence-corrected chi connectivity index (χ2v) is 2.44. The standard InChI is InChI=1S/C5H2ClNO2/c1-2-5(6)3(8)4(7-5)9-2/h1H2. The molecule has 0 aliphatic carbocycles. The van der Waals surface area contributed by atoms with Gasteiger partial charge in [-0.2, -0.15) is 0 Å². The van der Waals surface area contributed by atoms with Gasteiger partial charge in [0.2, 0.25) is 0 Å². The maximum atomic E-state index is 10.7. The summed E-state index contributed by atoms with van der Waals surface area (Å²) in [4.78, 5) is 13.1. The lowest BCUT2D eigenvalue weighted by Gasteiger charge is -2.13. The van der Waals surface area contributed by atoms with E-state index in [0.717, 1.165) is 0 Å². The fourth-order valence-corrected chi connectivity index (χ4v) is 0.969. The topological polar surface area (TPSA) is 38.7 Å². The van der Waals surface area contributed by atoms with Gasteiger partial charge in [-0.1, -0.05) is 18.2 Å². The van der Waals surface area contributed by atoms with E-state index in [1.54, 1.807) is 0 Å². The number of carbonyl (C=O) groups is 1. The molecule has 0 aromatic carbocycles. The average molecular weight is 144 g/mol. The minimum absolute atomic E-state index is 0.0926. The quantitative estimate of drug-likeness (QED) is 0.365. The minimum atomic E-state index is -1.24. The number of halogens is 1. The summed E-state index contributed by atoms with van der Waals surface area (Å²) in [6.07, 6.45) is 0. The van der Waals surface area contributed by atoms with Gasteiger partial charge in [-0.3, -0.25) is 4.79 Å². The van der Waals surface area contributed by atoms with Crippen LogP contribution in [0.3, 0.4) is 0 Å². The molecule has 0 radical (unpaired) electrons. The highest BCUT2D eigenvalue weighted by Crippen LogP contribution is 2.42. The summed E-state index contributed by atoms with van der Waals surface area (Å²) in [6.45, 7) is 3.41. The van der Waals surface area contributed by atoms with E-state index < -0.39 is 5.00 Å². The lowest BCUT2D eigenvalue weighted by molar-refractivity contribution is -0.115. The van der Waals surface area contributed by atoms with Gasteiger partial charge in [-0.05, 0) is 0 Å². The normalized spacial score (nSPS) is 37.7. The van der Waals surface area contributed by atoms with Crippen LogP contribution in [-0.2, 0) is 9.53 Å². The second-order valence-electron chi connectivity index (χ2n) is 1.89. The number of Topliss-reactive ketones (excluding diaryl/α,β-unsaturated/α-hetero) is 1. The predicted molar refractivity (Wildman–Crippen MR) is 31.3 cm³/mol. The van der Waals surface area contributed by atoms with Gasteiger partial charge < -0.3 is 4.74 Å². The number of nitrogens with zero attached hydrogens (tertiary/aromatic N) is 1. The van der Waals surface area contributed by atoms with Crippen LogP contribution in [0.25, 0.3) is 0 Å². The SMILES string of the molecule is C=C1OC2=NC1(Cl)C2=O. The van der Waals surface area contributed by atoms with Gasteiger partial charge in [0.15, 0.2) is 5.76 Å². The van der Waals surface area contributed by atoms with Gasteiger partial charge in [-0.15, -0.1) is 0 Å². The number of ketones is 1. The first kappa shape index (κ1) is 4.99. The van der Waals surface area contributed by atoms with Crippen molar-refractivity contribution in [2.45, 2.75) is 5.00 Å². The summed E-state index contributed by atoms with van der Waals surface area (Å²) in [5, 5.41) is 0. The zero-order chi connectivity index (χ0) is 6.65. The van der Waals surface area contributed by atoms with E-state index in [2.05, 4.69) is 11.6 Å². The number of fused-ring (bicyclic) bond motifs is 1. The molecular formula is C5H2ClNO2. The third-order valence-corrected chi connectivity index (χ3v) is 1.81. The lowest BCUT2D eigenvalue weighted by Crippen LogP contribution is -2.38. The van der Waals surface area contributed by atoms with Crippen molar-refractivity contribution < 1.29 is 9.53 Å². The number of hydrogen-bond acceptors (Lipinski definition) is 3. The molecule has 4 heteroatoms. The Balaban J connectivity index is 2.59. The molecule has 1 atom stereocenters. The molecule has 3 heterocycles. The number of aliphatic imine (C=N–C) groups is 1. The van der Waals surface area contributed by atoms with Crippen molar-refractivity contribution in [3.05, 3.63) is 12.3 Å². The zero-order valence-electron chi connectivity index (χ0n) is 4.35. The third-order valence-electron chi connectivity index (χ3n) is 1.34. The predicted octanol–water partition coefficient (Wildman–Crippen LogP) is 0.447. The highest BCUT2D eigenvalue weighted by Gasteiger charge is 2.59. The zero-order valence-corrected chi connectivity index (χ0v) is 5.10. The van der Waals surface area contributed by atoms with E-state index in [0.29, 0.717) is 0 Å². The fraction of sp³-hybridized carbons (Fsp3) is 0.200. The summed E-state index contributed by atoms with van der Waals surface area (Å²) < 4.78 is 4.72. The Hall–Kier alpha value is -0.830. The van der Waals surface area contributed by atoms with Gasteiger partial charge >= 0.3 is 0 Å². The van der Waals surface area contributed by atoms with Crippen molar-refractivity contribution in [3.8, 4) is 0 Å². The minimum Gasteiger partial charge on any atom is -0.437 e. The lowest BCUT2D eigenvalue weighted by atomic mass is 10.1. The van der Waals surface area contributed by atoms with E-state index in [4.69, 9.17) is 16.3 Å². The van der Waals surface area contributed by atoms with E-state index in [1.165, 1.54) is 0 Å². The molecular weight excluding hydrogens is 142 g/mol. The van der Waals surface area contributed by atoms with Crippen molar-refractivity contribution in [2.75, 3.05) is 0 Å². The number of rotatable bonds is 0. The molecule has 0 aromatic heterocycles. The van der Waals surface area contributed by atoms with Gasteiger partial charge in [-0.25, -0.2) is 4.99 Å². The van der Waals surface area contributed by atoms with Crippen molar-refractivity contribution >= 4 is 23.3 Å². The van der Waals surface area contributed by atoms with E-state index >= 15 is 0 Å². The van der Waals surface area contributed by atoms with Gasteiger partial charge in [0.1, 0.15) is 0 Å². The van der Waals surface area contributed by atoms with Crippen LogP contribution in [0.1, 0.15) is 0 Å². The van der Waals surface area contributed by atoms with Crippen molar-refractivity contribution in [1.29, 1.82) is 0 Å². The summed E-state index contributed by atoms with van der Waals surface area (Å²) in [7, 11) is 0. The Labute approximate surface area is 56.0 Å². The molecule has 1 saturated heterocycles. The Morgan fingerprint density at radius 2 is 2.44 bits per heavy atom. The molecule has 2 bridgehead atoms. The molecule has 3 aliphatic heterocycles. The molecule has 0 amide bonds. The average Bonchev–Trinajstić information content (AvgIpc) is 2.19. The van der Waals surface area contributed by atoms with Crippen molar-refractivity contribution in [2.24, 2.45) is 4.99 Å². The summed E-state index contributed by atoms with van der Waals surface area (Å²) in [5.41, 5.74) is 0. The number of alkyl halides is 1. The highest BCUT2D eigenvalue weighted by molar-refractivity contribution is 6.61. The van der Waals surface area contributed by atoms with Crippen LogP contribution >= 0.6 is 11.6 Å². The molecule has 3 rings (SSSR count). The summed E-state index contributed by atoms with van der Waals surface area (Å²) >= 11 is 5.57. The third kappa shape index (κ3) is 0.328. The Morgan fingerprint density at radius 3 is 2.56 bits per heavy atom. The second kappa shape index (κ2) is 1.04. The number of carbonyl (C=O) groups excluding carboxylic acids is 1. The summed E-state index contributed by atoms with van der Waals surface area (Å²) in [6, 6.07) is 0. The molecule has 1 fully saturated rings. The molecule has 3 aliphatic rings. The van der Waals surface area contributed by atoms with Gasteiger partial charge in [0.25, 0.3) is 16.7 Å². The van der Waals surface area contributed by atoms with Crippen LogP contribution in [0.15, 0.2) is 17.3 Å². The first-order valence-corrected chi connectivity index (χ1v) is 2.73. The van der Waals surface area contributed by atoms with Gasteiger partial charge in [0, 0.05) is 0 Å². The summed E-state index contributed by atoms with van der Waals surface area (Å²) in [5.74, 6) is 0.0494. The maximum Gasteiger partial charge on any atom is 0.268 e. The molecule has 0 N–H and O–H groups in total. The highest BCUT2D eigenvalue weighted by atomic mass is 35.5. The molecule has 0 spiro atoms. The van der Waals surface area contributed by atoms with Crippen LogP contribution in [-0.4, -0.2) is 16.7 Å². The largest absolute Gasteiger partial charge is 0.437 e. The van der Waals surface area contributed by atoms with Crippen LogP contribution < -0.4 is 0 Å². The first-order chi connectivity index (χ1) is 4.14. The molecule has 9 heavy (non-hydrogen) atoms. The Kier molecular flexibility index (Phi) is 0.579. The van der Waals surface area contributed by atoms with E-state index in [-0.39, 0.29) is 17.4 Å². The van der Waals surface area contributed by atoms with Crippen molar-refractivity contribution in [1.82, 2.24) is 0 Å². The maximum absolute atomic E-state index is 10.7. The van der Waals surface area contributed by atoms with Crippen LogP contribution in [0.5, 0.6) is 0 Å². The first-order valence-electron chi connectivity index (χ1n) is 2.35. The smallest absolute Gasteiger partial charge is 0.268 e. The molecule has 0 aromatic rings. The Bertz CT molecular complexity index is 258. The van der Waals surface area contributed by atoms with Gasteiger partial charge in [0.05, 0.1) is 0 Å².